The minimum Gasteiger partial charge on any atom is -0.344 e. The van der Waals surface area contributed by atoms with Gasteiger partial charge in [0.15, 0.2) is 12.1 Å². The van der Waals surface area contributed by atoms with E-state index >= 15 is 0 Å². The Kier molecular flexibility index (Phi) is 1.81. The molecular weight excluding hydrogens is 144 g/mol. The smallest absolute Gasteiger partial charge is 0.164 e. The molecule has 0 amide bonds. The highest BCUT2D eigenvalue weighted by atomic mass is 16.8. The summed E-state index contributed by atoms with van der Waals surface area (Å²) in [7, 11) is 0. The Hall–Kier alpha value is -0.410. The minimum absolute atomic E-state index is 0.171. The second-order valence-electron chi connectivity index (χ2n) is 3.56. The number of hydrogen-bond acceptors (Lipinski definition) is 3. The van der Waals surface area contributed by atoms with Crippen molar-refractivity contribution in [2.75, 3.05) is 0 Å². The first-order chi connectivity index (χ1) is 4.90. The van der Waals surface area contributed by atoms with Crippen molar-refractivity contribution in [3.8, 4) is 0 Å². The van der Waals surface area contributed by atoms with Gasteiger partial charge >= 0.3 is 0 Å². The normalized spacial score (nSPS) is 42.4. The molecule has 0 aromatic rings. The molecule has 1 aliphatic rings. The van der Waals surface area contributed by atoms with E-state index < -0.39 is 11.4 Å². The number of ether oxygens (including phenoxy) is 2. The highest BCUT2D eigenvalue weighted by molar-refractivity contribution is 5.63. The predicted molar refractivity (Wildman–Crippen MR) is 40.2 cm³/mol. The van der Waals surface area contributed by atoms with Crippen molar-refractivity contribution >= 4 is 6.29 Å². The first-order valence-electron chi connectivity index (χ1n) is 3.74. The third-order valence-corrected chi connectivity index (χ3v) is 1.97. The molecule has 0 aromatic carbocycles. The van der Waals surface area contributed by atoms with Crippen LogP contribution in [0.25, 0.3) is 0 Å². The summed E-state index contributed by atoms with van der Waals surface area (Å²) in [6.07, 6.45) is 0.627. The van der Waals surface area contributed by atoms with Crippen LogP contribution in [-0.4, -0.2) is 23.8 Å². The van der Waals surface area contributed by atoms with Crippen LogP contribution in [0.15, 0.2) is 0 Å². The molecule has 1 fully saturated rings. The Balaban J connectivity index is 2.81. The van der Waals surface area contributed by atoms with Crippen molar-refractivity contribution in [2.45, 2.75) is 45.2 Å². The van der Waals surface area contributed by atoms with Gasteiger partial charge < -0.3 is 14.3 Å². The van der Waals surface area contributed by atoms with E-state index in [4.69, 9.17) is 9.47 Å². The van der Waals surface area contributed by atoms with E-state index in [0.717, 1.165) is 6.29 Å². The number of aldehydes is 1. The second kappa shape index (κ2) is 2.29. The Morgan fingerprint density at radius 1 is 1.36 bits per heavy atom. The van der Waals surface area contributed by atoms with E-state index in [2.05, 4.69) is 0 Å². The molecule has 0 radical (unpaired) electrons. The Morgan fingerprint density at radius 2 is 1.91 bits per heavy atom. The van der Waals surface area contributed by atoms with Crippen LogP contribution in [0.4, 0.5) is 0 Å². The van der Waals surface area contributed by atoms with Gasteiger partial charge in [-0.15, -0.1) is 0 Å². The summed E-state index contributed by atoms with van der Waals surface area (Å²) in [5.74, 6) is -0.630. The van der Waals surface area contributed by atoms with E-state index in [-0.39, 0.29) is 6.10 Å². The van der Waals surface area contributed by atoms with Gasteiger partial charge in [-0.3, -0.25) is 0 Å². The van der Waals surface area contributed by atoms with Gasteiger partial charge in [0.25, 0.3) is 0 Å². The molecule has 3 nitrogen and oxygen atoms in total. The third-order valence-electron chi connectivity index (χ3n) is 1.97. The van der Waals surface area contributed by atoms with Crippen LogP contribution in [-0.2, 0) is 14.3 Å². The summed E-state index contributed by atoms with van der Waals surface area (Å²) in [5.41, 5.74) is -0.774. The maximum atomic E-state index is 10.6. The quantitative estimate of drug-likeness (QED) is 0.536. The molecule has 1 aliphatic heterocycles. The van der Waals surface area contributed by atoms with Crippen LogP contribution in [0.3, 0.4) is 0 Å². The summed E-state index contributed by atoms with van der Waals surface area (Å²) in [4.78, 5) is 10.6. The zero-order chi connectivity index (χ0) is 8.70. The van der Waals surface area contributed by atoms with Crippen LogP contribution < -0.4 is 0 Å². The molecule has 1 saturated heterocycles. The van der Waals surface area contributed by atoms with Crippen LogP contribution in [0.1, 0.15) is 27.7 Å². The fourth-order valence-corrected chi connectivity index (χ4v) is 1.30. The third kappa shape index (κ3) is 1.44. The molecule has 3 heteroatoms. The molecule has 2 unspecified atom stereocenters. The Labute approximate surface area is 66.7 Å². The predicted octanol–water partition coefficient (Wildman–Crippen LogP) is 1.12. The second-order valence-corrected chi connectivity index (χ2v) is 3.56. The topological polar surface area (TPSA) is 35.5 Å². The Morgan fingerprint density at radius 3 is 2.09 bits per heavy atom. The standard InChI is InChI=1S/C8H14O3/c1-6-8(4,5-9)11-7(2,3)10-6/h5-6H,1-4H3. The van der Waals surface area contributed by atoms with Gasteiger partial charge in [-0.1, -0.05) is 0 Å². The molecule has 0 aromatic heterocycles. The van der Waals surface area contributed by atoms with Crippen molar-refractivity contribution in [1.82, 2.24) is 0 Å². The summed E-state index contributed by atoms with van der Waals surface area (Å²) in [6.45, 7) is 7.18. The maximum absolute atomic E-state index is 10.6. The summed E-state index contributed by atoms with van der Waals surface area (Å²) >= 11 is 0. The van der Waals surface area contributed by atoms with E-state index in [9.17, 15) is 4.79 Å². The number of carbonyl (C=O) groups excluding carboxylic acids is 1. The first kappa shape index (κ1) is 8.68. The first-order valence-corrected chi connectivity index (χ1v) is 3.74. The lowest BCUT2D eigenvalue weighted by atomic mass is 10.0. The van der Waals surface area contributed by atoms with Gasteiger partial charge in [0, 0.05) is 0 Å². The lowest BCUT2D eigenvalue weighted by Crippen LogP contribution is -2.36. The van der Waals surface area contributed by atoms with Crippen LogP contribution >= 0.6 is 0 Å². The maximum Gasteiger partial charge on any atom is 0.164 e. The zero-order valence-electron chi connectivity index (χ0n) is 7.38. The van der Waals surface area contributed by atoms with E-state index in [1.165, 1.54) is 0 Å². The fourth-order valence-electron chi connectivity index (χ4n) is 1.30. The molecule has 1 rings (SSSR count). The Bertz CT molecular complexity index is 176. The summed E-state index contributed by atoms with van der Waals surface area (Å²) < 4.78 is 10.8. The van der Waals surface area contributed by atoms with Crippen molar-refractivity contribution in [3.05, 3.63) is 0 Å². The van der Waals surface area contributed by atoms with E-state index in [1.54, 1.807) is 20.8 Å². The summed E-state index contributed by atoms with van der Waals surface area (Å²) in [5, 5.41) is 0. The van der Waals surface area contributed by atoms with E-state index in [1.807, 2.05) is 6.92 Å². The molecular formula is C8H14O3. The van der Waals surface area contributed by atoms with Crippen LogP contribution in [0, 0.1) is 0 Å². The van der Waals surface area contributed by atoms with Crippen molar-refractivity contribution in [2.24, 2.45) is 0 Å². The highest BCUT2D eigenvalue weighted by Crippen LogP contribution is 2.34. The van der Waals surface area contributed by atoms with Gasteiger partial charge in [-0.05, 0) is 27.7 Å². The molecule has 64 valence electrons. The average molecular weight is 158 g/mol. The lowest BCUT2D eigenvalue weighted by molar-refractivity contribution is -0.163. The van der Waals surface area contributed by atoms with Crippen molar-refractivity contribution in [1.29, 1.82) is 0 Å². The van der Waals surface area contributed by atoms with E-state index in [0.29, 0.717) is 0 Å². The van der Waals surface area contributed by atoms with Crippen LogP contribution in [0.5, 0.6) is 0 Å². The minimum atomic E-state index is -0.774. The number of hydrogen-bond donors (Lipinski definition) is 0. The van der Waals surface area contributed by atoms with Gasteiger partial charge in [0.1, 0.15) is 5.60 Å². The molecule has 0 spiro atoms. The summed E-state index contributed by atoms with van der Waals surface area (Å²) in [6, 6.07) is 0. The van der Waals surface area contributed by atoms with Crippen molar-refractivity contribution < 1.29 is 14.3 Å². The average Bonchev–Trinajstić information content (AvgIpc) is 2.03. The molecule has 0 N–H and O–H groups in total. The monoisotopic (exact) mass is 158 g/mol. The highest BCUT2D eigenvalue weighted by Gasteiger charge is 2.47. The van der Waals surface area contributed by atoms with Gasteiger partial charge in [-0.25, -0.2) is 0 Å². The molecule has 11 heavy (non-hydrogen) atoms. The molecule has 2 atom stereocenters. The largest absolute Gasteiger partial charge is 0.344 e. The molecule has 1 heterocycles. The molecule has 0 aliphatic carbocycles. The van der Waals surface area contributed by atoms with Crippen LogP contribution in [0.2, 0.25) is 0 Å². The molecule has 0 bridgehead atoms. The number of carbonyl (C=O) groups is 1. The zero-order valence-corrected chi connectivity index (χ0v) is 7.38. The number of rotatable bonds is 1. The molecule has 0 saturated carbocycles. The van der Waals surface area contributed by atoms with Gasteiger partial charge in [0.05, 0.1) is 6.10 Å². The van der Waals surface area contributed by atoms with Gasteiger partial charge in [-0.2, -0.15) is 0 Å². The lowest BCUT2D eigenvalue weighted by Gasteiger charge is -2.20. The van der Waals surface area contributed by atoms with Gasteiger partial charge in [0.2, 0.25) is 0 Å². The van der Waals surface area contributed by atoms with Crippen molar-refractivity contribution in [3.63, 3.8) is 0 Å². The SMILES string of the molecule is CC1OC(C)(C)OC1(C)C=O. The fraction of sp³-hybridized carbons (Fsp3) is 0.875.